The van der Waals surface area contributed by atoms with Gasteiger partial charge in [0.05, 0.1) is 12.6 Å². The van der Waals surface area contributed by atoms with Crippen molar-refractivity contribution < 1.29 is 14.7 Å². The van der Waals surface area contributed by atoms with Gasteiger partial charge in [-0.05, 0) is 68.6 Å². The molecule has 1 N–H and O–H groups in total. The molecular formula is C26H38N2O3. The lowest BCUT2D eigenvalue weighted by molar-refractivity contribution is -0.140. The van der Waals surface area contributed by atoms with Crippen molar-refractivity contribution in [2.45, 2.75) is 52.1 Å². The lowest BCUT2D eigenvalue weighted by Crippen LogP contribution is -2.57. The highest BCUT2D eigenvalue weighted by Gasteiger charge is 2.62. The number of hydrogen-bond donors (Lipinski definition) is 1. The summed E-state index contributed by atoms with van der Waals surface area (Å²) in [5.41, 5.74) is 0.875. The van der Waals surface area contributed by atoms with Crippen molar-refractivity contribution in [2.24, 2.45) is 34.5 Å². The summed E-state index contributed by atoms with van der Waals surface area (Å²) in [7, 11) is 2.14. The van der Waals surface area contributed by atoms with Gasteiger partial charge in [0.1, 0.15) is 5.78 Å². The molecule has 170 valence electrons. The van der Waals surface area contributed by atoms with E-state index in [2.05, 4.69) is 36.8 Å². The second-order valence-electron chi connectivity index (χ2n) is 11.5. The van der Waals surface area contributed by atoms with E-state index in [9.17, 15) is 14.7 Å². The van der Waals surface area contributed by atoms with E-state index in [-0.39, 0.29) is 28.4 Å². The van der Waals surface area contributed by atoms with Crippen molar-refractivity contribution >= 4 is 11.6 Å². The number of Topliss-reactive ketones (excluding diaryl/α,β-unsaturated/α-hetero) is 1. The van der Waals surface area contributed by atoms with Crippen molar-refractivity contribution in [3.8, 4) is 0 Å². The van der Waals surface area contributed by atoms with E-state index >= 15 is 0 Å². The summed E-state index contributed by atoms with van der Waals surface area (Å²) in [6, 6.07) is 0. The van der Waals surface area contributed by atoms with E-state index in [1.165, 1.54) is 5.57 Å². The molecule has 0 radical (unpaired) electrons. The average Bonchev–Trinajstić information content (AvgIpc) is 3.06. The number of carbonyl (C=O) groups excluding carboxylic acids is 2. The third kappa shape index (κ3) is 3.39. The van der Waals surface area contributed by atoms with Crippen LogP contribution in [0.4, 0.5) is 0 Å². The van der Waals surface area contributed by atoms with Gasteiger partial charge in [0, 0.05) is 43.4 Å². The number of rotatable bonds is 3. The summed E-state index contributed by atoms with van der Waals surface area (Å²) in [5, 5.41) is 11.5. The number of nitrogens with zero attached hydrogens (tertiary/aromatic N) is 2. The lowest BCUT2D eigenvalue weighted by Gasteiger charge is -2.58. The van der Waals surface area contributed by atoms with Gasteiger partial charge in [0.2, 0.25) is 0 Å². The fourth-order valence-electron chi connectivity index (χ4n) is 8.19. The zero-order chi connectivity index (χ0) is 22.0. The quantitative estimate of drug-likeness (QED) is 0.752. The number of piperazine rings is 1. The zero-order valence-electron chi connectivity index (χ0n) is 19.3. The van der Waals surface area contributed by atoms with Crippen molar-refractivity contribution in [1.29, 1.82) is 0 Å². The Bertz CT molecular complexity index is 827. The summed E-state index contributed by atoms with van der Waals surface area (Å²) in [6.07, 6.45) is 9.91. The van der Waals surface area contributed by atoms with Gasteiger partial charge in [0.25, 0.3) is 0 Å². The van der Waals surface area contributed by atoms with E-state index < -0.39 is 6.10 Å². The number of ketones is 2. The molecule has 1 heterocycles. The molecule has 0 amide bonds. The molecule has 7 atom stereocenters. The molecular weight excluding hydrogens is 388 g/mol. The molecule has 0 aromatic heterocycles. The van der Waals surface area contributed by atoms with Gasteiger partial charge in [-0.15, -0.1) is 0 Å². The van der Waals surface area contributed by atoms with Gasteiger partial charge >= 0.3 is 0 Å². The molecule has 5 heteroatoms. The Morgan fingerprint density at radius 3 is 2.65 bits per heavy atom. The molecule has 5 nitrogen and oxygen atoms in total. The number of aliphatic hydroxyl groups is 1. The van der Waals surface area contributed by atoms with Crippen LogP contribution in [0.5, 0.6) is 0 Å². The summed E-state index contributed by atoms with van der Waals surface area (Å²) >= 11 is 0. The molecule has 31 heavy (non-hydrogen) atoms. The summed E-state index contributed by atoms with van der Waals surface area (Å²) in [4.78, 5) is 30.1. The van der Waals surface area contributed by atoms with Crippen LogP contribution in [-0.2, 0) is 9.59 Å². The Kier molecular flexibility index (Phi) is 5.31. The predicted octanol–water partition coefficient (Wildman–Crippen LogP) is 2.70. The predicted molar refractivity (Wildman–Crippen MR) is 120 cm³/mol. The Hall–Kier alpha value is -1.30. The molecule has 4 fully saturated rings. The Morgan fingerprint density at radius 1 is 1.16 bits per heavy atom. The minimum Gasteiger partial charge on any atom is -0.393 e. The van der Waals surface area contributed by atoms with Crippen molar-refractivity contribution in [1.82, 2.24) is 9.80 Å². The number of likely N-dealkylation sites (N-methyl/N-ethyl adjacent to an activating group) is 1. The van der Waals surface area contributed by atoms with Gasteiger partial charge in [-0.2, -0.15) is 0 Å². The second kappa shape index (κ2) is 7.64. The normalized spacial score (nSPS) is 45.6. The molecule has 5 aliphatic rings. The van der Waals surface area contributed by atoms with Gasteiger partial charge in [-0.25, -0.2) is 0 Å². The number of allylic oxidation sites excluding steroid dienone is 4. The molecule has 1 saturated heterocycles. The Morgan fingerprint density at radius 2 is 1.90 bits per heavy atom. The smallest absolute Gasteiger partial charge is 0.178 e. The Balaban J connectivity index is 1.36. The first-order valence-corrected chi connectivity index (χ1v) is 12.3. The third-order valence-corrected chi connectivity index (χ3v) is 9.86. The largest absolute Gasteiger partial charge is 0.393 e. The first-order valence-electron chi connectivity index (χ1n) is 12.3. The highest BCUT2D eigenvalue weighted by atomic mass is 16.3. The number of carbonyl (C=O) groups is 2. The number of aliphatic hydroxyl groups excluding tert-OH is 1. The van der Waals surface area contributed by atoms with Crippen LogP contribution in [0, 0.1) is 34.5 Å². The molecule has 4 aliphatic carbocycles. The maximum absolute atomic E-state index is 13.5. The van der Waals surface area contributed by atoms with Crippen LogP contribution < -0.4 is 0 Å². The average molecular weight is 427 g/mol. The highest BCUT2D eigenvalue weighted by molar-refractivity contribution is 6.01. The first-order chi connectivity index (χ1) is 14.7. The molecule has 1 aliphatic heterocycles. The first kappa shape index (κ1) is 21.5. The molecule has 3 saturated carbocycles. The fourth-order valence-corrected chi connectivity index (χ4v) is 8.19. The fraction of sp³-hybridized carbons (Fsp3) is 0.769. The van der Waals surface area contributed by atoms with Crippen LogP contribution in [0.1, 0.15) is 46.0 Å². The highest BCUT2D eigenvalue weighted by Crippen LogP contribution is 2.66. The molecule has 0 bridgehead atoms. The number of hydrogen-bond acceptors (Lipinski definition) is 5. The van der Waals surface area contributed by atoms with Crippen molar-refractivity contribution in [3.05, 3.63) is 23.8 Å². The van der Waals surface area contributed by atoms with E-state index in [0.717, 1.165) is 51.9 Å². The molecule has 0 aromatic carbocycles. The maximum atomic E-state index is 13.5. The standard InChI is InChI=1S/C26H38N2O3/c1-25-9-8-18(29)14-17(25)4-5-19-20-6-7-21(26(20,2)15-22(30)24(19)25)23(31)16-28-12-10-27(3)11-13-28/h8-9,14,19-22,24,30H,4-7,10-13,15-16H2,1-3H3/t19?,20?,21?,22-,24?,25?,26?/m0/s1. The van der Waals surface area contributed by atoms with Gasteiger partial charge < -0.3 is 10.0 Å². The van der Waals surface area contributed by atoms with Crippen molar-refractivity contribution in [3.63, 3.8) is 0 Å². The van der Waals surface area contributed by atoms with E-state index in [4.69, 9.17) is 0 Å². The molecule has 0 aromatic rings. The SMILES string of the molecule is CN1CCN(CC(=O)C2CCC3C4CCC5=CC(=O)C=CC5(C)C4[C@@H](O)CC23C)CC1. The molecule has 5 rings (SSSR count). The third-order valence-electron chi connectivity index (χ3n) is 9.86. The lowest BCUT2D eigenvalue weighted by atomic mass is 9.46. The molecule has 0 spiro atoms. The minimum absolute atomic E-state index is 0.0703. The minimum atomic E-state index is -0.421. The van der Waals surface area contributed by atoms with E-state index in [1.807, 2.05) is 6.08 Å². The number of fused-ring (bicyclic) bond motifs is 5. The van der Waals surface area contributed by atoms with Crippen LogP contribution in [0.2, 0.25) is 0 Å². The maximum Gasteiger partial charge on any atom is 0.178 e. The topological polar surface area (TPSA) is 60.9 Å². The van der Waals surface area contributed by atoms with Gasteiger partial charge in [0.15, 0.2) is 5.78 Å². The zero-order valence-corrected chi connectivity index (χ0v) is 19.3. The van der Waals surface area contributed by atoms with Crippen LogP contribution in [0.15, 0.2) is 23.8 Å². The van der Waals surface area contributed by atoms with E-state index in [0.29, 0.717) is 30.6 Å². The van der Waals surface area contributed by atoms with Crippen LogP contribution in [0.25, 0.3) is 0 Å². The van der Waals surface area contributed by atoms with E-state index in [1.54, 1.807) is 6.08 Å². The van der Waals surface area contributed by atoms with Crippen LogP contribution >= 0.6 is 0 Å². The van der Waals surface area contributed by atoms with Crippen molar-refractivity contribution in [2.75, 3.05) is 39.8 Å². The summed E-state index contributed by atoms with van der Waals surface area (Å²) < 4.78 is 0. The Labute approximate surface area is 186 Å². The molecule has 6 unspecified atom stereocenters. The second-order valence-corrected chi connectivity index (χ2v) is 11.5. The van der Waals surface area contributed by atoms with Gasteiger partial charge in [-0.3, -0.25) is 14.5 Å². The van der Waals surface area contributed by atoms with Gasteiger partial charge in [-0.1, -0.05) is 25.5 Å². The van der Waals surface area contributed by atoms with Crippen LogP contribution in [-0.4, -0.2) is 72.3 Å². The summed E-state index contributed by atoms with van der Waals surface area (Å²) in [6.45, 7) is 9.10. The summed E-state index contributed by atoms with van der Waals surface area (Å²) in [5.74, 6) is 1.62. The monoisotopic (exact) mass is 426 g/mol. The van der Waals surface area contributed by atoms with Crippen LogP contribution in [0.3, 0.4) is 0 Å².